The van der Waals surface area contributed by atoms with Crippen molar-refractivity contribution < 1.29 is 28.6 Å². The minimum atomic E-state index is -0.703. The number of rotatable bonds is 10. The molecule has 2 aromatic rings. The SMILES string of the molecule is COc1ccnc(C(=O)C[C@@H](C)C(=O)O[C@@H](C)[C@@H](C)c2ccccc2C)c1OC(=O)C(C)C. The van der Waals surface area contributed by atoms with Gasteiger partial charge in [0.1, 0.15) is 6.10 Å². The van der Waals surface area contributed by atoms with Gasteiger partial charge in [0, 0.05) is 24.6 Å². The van der Waals surface area contributed by atoms with E-state index < -0.39 is 29.6 Å². The second-order valence-corrected chi connectivity index (χ2v) is 8.58. The van der Waals surface area contributed by atoms with Crippen LogP contribution in [0.5, 0.6) is 11.5 Å². The molecule has 2 rings (SSSR count). The summed E-state index contributed by atoms with van der Waals surface area (Å²) in [5, 5.41) is 0. The maximum atomic E-state index is 13.0. The van der Waals surface area contributed by atoms with Crippen LogP contribution in [0.2, 0.25) is 0 Å². The summed E-state index contributed by atoms with van der Waals surface area (Å²) < 4.78 is 16.3. The first kappa shape index (κ1) is 26.0. The first-order valence-electron chi connectivity index (χ1n) is 11.1. The minimum absolute atomic E-state index is 0.000140. The van der Waals surface area contributed by atoms with Crippen LogP contribution in [0.4, 0.5) is 0 Å². The Morgan fingerprint density at radius 3 is 2.24 bits per heavy atom. The van der Waals surface area contributed by atoms with Crippen molar-refractivity contribution in [3.8, 4) is 11.5 Å². The average Bonchev–Trinajstić information content (AvgIpc) is 2.78. The number of hydrogen-bond acceptors (Lipinski definition) is 7. The summed E-state index contributed by atoms with van der Waals surface area (Å²) in [7, 11) is 1.41. The number of nitrogens with zero attached hydrogens (tertiary/aromatic N) is 1. The molecule has 1 aromatic carbocycles. The average molecular weight is 456 g/mol. The van der Waals surface area contributed by atoms with Crippen LogP contribution in [0.25, 0.3) is 0 Å². The first-order valence-corrected chi connectivity index (χ1v) is 11.1. The fourth-order valence-corrected chi connectivity index (χ4v) is 3.32. The maximum Gasteiger partial charge on any atom is 0.313 e. The van der Waals surface area contributed by atoms with E-state index >= 15 is 0 Å². The highest BCUT2D eigenvalue weighted by atomic mass is 16.6. The van der Waals surface area contributed by atoms with Crippen LogP contribution in [0, 0.1) is 18.8 Å². The van der Waals surface area contributed by atoms with Crippen LogP contribution in [0.1, 0.15) is 68.6 Å². The molecule has 7 nitrogen and oxygen atoms in total. The molecule has 1 heterocycles. The zero-order valence-corrected chi connectivity index (χ0v) is 20.4. The van der Waals surface area contributed by atoms with Gasteiger partial charge in [0.05, 0.1) is 18.9 Å². The standard InChI is InChI=1S/C26H33NO6/c1-15(2)25(29)33-24-22(31-7)12-13-27-23(24)21(28)14-17(4)26(30)32-19(6)18(5)20-11-9-8-10-16(20)3/h8-13,15,17-19H,14H2,1-7H3/t17-,18-,19+/m1/s1. The fraction of sp³-hybridized carbons (Fsp3) is 0.462. The summed E-state index contributed by atoms with van der Waals surface area (Å²) in [6, 6.07) is 9.47. The second-order valence-electron chi connectivity index (χ2n) is 8.58. The lowest BCUT2D eigenvalue weighted by atomic mass is 9.92. The van der Waals surface area contributed by atoms with Gasteiger partial charge in [-0.2, -0.15) is 0 Å². The molecule has 3 atom stereocenters. The van der Waals surface area contributed by atoms with Crippen LogP contribution in [-0.2, 0) is 14.3 Å². The smallest absolute Gasteiger partial charge is 0.313 e. The molecule has 0 aliphatic heterocycles. The molecule has 0 N–H and O–H groups in total. The number of esters is 2. The van der Waals surface area contributed by atoms with Crippen LogP contribution in [0.3, 0.4) is 0 Å². The summed E-state index contributed by atoms with van der Waals surface area (Å²) >= 11 is 0. The molecule has 0 bridgehead atoms. The third kappa shape index (κ3) is 6.63. The van der Waals surface area contributed by atoms with Crippen molar-refractivity contribution in [2.45, 2.75) is 60.0 Å². The van der Waals surface area contributed by atoms with Crippen LogP contribution in [0.15, 0.2) is 36.5 Å². The molecule has 0 spiro atoms. The van der Waals surface area contributed by atoms with Gasteiger partial charge >= 0.3 is 11.9 Å². The van der Waals surface area contributed by atoms with Crippen LogP contribution < -0.4 is 9.47 Å². The molecule has 33 heavy (non-hydrogen) atoms. The van der Waals surface area contributed by atoms with Crippen molar-refractivity contribution in [2.24, 2.45) is 11.8 Å². The van der Waals surface area contributed by atoms with E-state index in [9.17, 15) is 14.4 Å². The summed E-state index contributed by atoms with van der Waals surface area (Å²) in [4.78, 5) is 41.9. The van der Waals surface area contributed by atoms with Crippen molar-refractivity contribution in [3.05, 3.63) is 53.3 Å². The van der Waals surface area contributed by atoms with E-state index in [-0.39, 0.29) is 35.6 Å². The number of aromatic nitrogens is 1. The van der Waals surface area contributed by atoms with Crippen molar-refractivity contribution in [1.29, 1.82) is 0 Å². The first-order chi connectivity index (χ1) is 15.6. The van der Waals surface area contributed by atoms with Crippen molar-refractivity contribution in [3.63, 3.8) is 0 Å². The van der Waals surface area contributed by atoms with Gasteiger partial charge < -0.3 is 14.2 Å². The normalized spacial score (nSPS) is 13.7. The Morgan fingerprint density at radius 1 is 0.970 bits per heavy atom. The molecule has 0 unspecified atom stereocenters. The van der Waals surface area contributed by atoms with Gasteiger partial charge in [-0.3, -0.25) is 14.4 Å². The predicted octanol–water partition coefficient (Wildman–Crippen LogP) is 4.90. The van der Waals surface area contributed by atoms with Crippen molar-refractivity contribution in [1.82, 2.24) is 4.98 Å². The highest BCUT2D eigenvalue weighted by molar-refractivity contribution is 6.00. The van der Waals surface area contributed by atoms with E-state index in [4.69, 9.17) is 14.2 Å². The highest BCUT2D eigenvalue weighted by Crippen LogP contribution is 2.32. The van der Waals surface area contributed by atoms with E-state index in [1.54, 1.807) is 20.8 Å². The Balaban J connectivity index is 2.11. The third-order valence-corrected chi connectivity index (χ3v) is 5.61. The maximum absolute atomic E-state index is 13.0. The van der Waals surface area contributed by atoms with E-state index in [1.807, 2.05) is 45.0 Å². The number of pyridine rings is 1. The number of carbonyl (C=O) groups is 3. The number of carbonyl (C=O) groups excluding carboxylic acids is 3. The van der Waals surface area contributed by atoms with Gasteiger partial charge in [0.15, 0.2) is 17.2 Å². The number of Topliss-reactive ketones (excluding diaryl/α,β-unsaturated/α-hetero) is 1. The van der Waals surface area contributed by atoms with Gasteiger partial charge in [0.25, 0.3) is 0 Å². The van der Waals surface area contributed by atoms with Gasteiger partial charge in [-0.1, -0.05) is 52.0 Å². The lowest BCUT2D eigenvalue weighted by molar-refractivity contribution is -0.153. The van der Waals surface area contributed by atoms with Crippen molar-refractivity contribution in [2.75, 3.05) is 7.11 Å². The van der Waals surface area contributed by atoms with Crippen LogP contribution in [-0.4, -0.2) is 35.9 Å². The number of benzene rings is 1. The molecule has 0 fully saturated rings. The molecule has 7 heteroatoms. The Bertz CT molecular complexity index is 1000. The molecule has 0 radical (unpaired) electrons. The Labute approximate surface area is 195 Å². The number of ether oxygens (including phenoxy) is 3. The molecule has 1 aromatic heterocycles. The Hall–Kier alpha value is -3.22. The van der Waals surface area contributed by atoms with E-state index in [1.165, 1.54) is 19.4 Å². The van der Waals surface area contributed by atoms with Gasteiger partial charge in [0.2, 0.25) is 5.75 Å². The van der Waals surface area contributed by atoms with E-state index in [2.05, 4.69) is 4.98 Å². The van der Waals surface area contributed by atoms with Crippen molar-refractivity contribution >= 4 is 17.7 Å². The number of hydrogen-bond donors (Lipinski definition) is 0. The molecule has 0 aliphatic carbocycles. The summed E-state index contributed by atoms with van der Waals surface area (Å²) in [6.45, 7) is 10.9. The summed E-state index contributed by atoms with van der Waals surface area (Å²) in [5.41, 5.74) is 2.19. The Morgan fingerprint density at radius 2 is 1.64 bits per heavy atom. The topological polar surface area (TPSA) is 91.8 Å². The second kappa shape index (κ2) is 11.6. The number of aryl methyl sites for hydroxylation is 1. The zero-order chi connectivity index (χ0) is 24.7. The summed E-state index contributed by atoms with van der Waals surface area (Å²) in [5.74, 6) is -2.34. The Kier molecular flexibility index (Phi) is 9.14. The number of methoxy groups -OCH3 is 1. The quantitative estimate of drug-likeness (QED) is 0.371. The zero-order valence-electron chi connectivity index (χ0n) is 20.4. The fourth-order valence-electron chi connectivity index (χ4n) is 3.32. The van der Waals surface area contributed by atoms with Gasteiger partial charge in [-0.25, -0.2) is 4.98 Å². The highest BCUT2D eigenvalue weighted by Gasteiger charge is 2.28. The van der Waals surface area contributed by atoms with Crippen LogP contribution >= 0.6 is 0 Å². The third-order valence-electron chi connectivity index (χ3n) is 5.61. The largest absolute Gasteiger partial charge is 0.493 e. The van der Waals surface area contributed by atoms with Gasteiger partial charge in [-0.15, -0.1) is 0 Å². The lowest BCUT2D eigenvalue weighted by Crippen LogP contribution is -2.26. The molecule has 178 valence electrons. The molecular weight excluding hydrogens is 422 g/mol. The van der Waals surface area contributed by atoms with Gasteiger partial charge in [-0.05, 0) is 25.0 Å². The predicted molar refractivity (Wildman–Crippen MR) is 125 cm³/mol. The molecular formula is C26H33NO6. The molecule has 0 saturated carbocycles. The van der Waals surface area contributed by atoms with E-state index in [0.717, 1.165) is 11.1 Å². The number of ketones is 1. The monoisotopic (exact) mass is 455 g/mol. The minimum Gasteiger partial charge on any atom is -0.493 e. The lowest BCUT2D eigenvalue weighted by Gasteiger charge is -2.23. The summed E-state index contributed by atoms with van der Waals surface area (Å²) in [6.07, 6.45) is 0.887. The molecule has 0 aliphatic rings. The molecule has 0 amide bonds. The molecule has 0 saturated heterocycles. The van der Waals surface area contributed by atoms with E-state index in [0.29, 0.717) is 0 Å².